The highest BCUT2D eigenvalue weighted by molar-refractivity contribution is 5.51. The van der Waals surface area contributed by atoms with Crippen LogP contribution in [0.3, 0.4) is 0 Å². The van der Waals surface area contributed by atoms with E-state index < -0.39 is 0 Å². The molecule has 0 atom stereocenters. The normalized spacial score (nSPS) is 10.6. The lowest BCUT2D eigenvalue weighted by atomic mass is 10.2. The second kappa shape index (κ2) is 5.45. The lowest BCUT2D eigenvalue weighted by Crippen LogP contribution is -2.34. The molecule has 1 N–H and O–H groups in total. The first-order chi connectivity index (χ1) is 7.90. The van der Waals surface area contributed by atoms with Crippen LogP contribution in [0.15, 0.2) is 36.7 Å². The molecule has 0 fully saturated rings. The number of pyridine rings is 1. The van der Waals surface area contributed by atoms with Gasteiger partial charge in [-0.25, -0.2) is 0 Å². The molecule has 2 aromatic heterocycles. The first-order valence-electron chi connectivity index (χ1n) is 5.90. The first kappa shape index (κ1) is 10.9. The Morgan fingerprint density at radius 1 is 1.25 bits per heavy atom. The van der Waals surface area contributed by atoms with Gasteiger partial charge in [0.25, 0.3) is 0 Å². The Bertz CT molecular complexity index is 420. The number of hydrogen-bond acceptors (Lipinski definition) is 1. The Kier molecular flexibility index (Phi) is 3.70. The summed E-state index contributed by atoms with van der Waals surface area (Å²) in [5.74, 6) is 0. The monoisotopic (exact) mass is 216 g/mol. The number of aromatic nitrogens is 3. The standard InChI is InChI=1S/C13H17N3/c1-2-3-6-10-16-11-8-13(15-16)12-7-4-5-9-14-12/h4-5,7-9,11H,2-3,6,10H2,1H3/p+1. The molecular formula is C13H18N3+. The van der Waals surface area contributed by atoms with E-state index in [1.807, 2.05) is 24.4 Å². The van der Waals surface area contributed by atoms with Crippen LogP contribution < -0.4 is 4.68 Å². The number of H-pyrrole nitrogens is 1. The van der Waals surface area contributed by atoms with Gasteiger partial charge in [-0.05, 0) is 18.6 Å². The van der Waals surface area contributed by atoms with Gasteiger partial charge >= 0.3 is 0 Å². The van der Waals surface area contributed by atoms with Crippen LogP contribution in [0, 0.1) is 0 Å². The van der Waals surface area contributed by atoms with Gasteiger partial charge in [0, 0.05) is 18.7 Å². The smallest absolute Gasteiger partial charge is 0.196 e. The van der Waals surface area contributed by atoms with Gasteiger partial charge in [-0.2, -0.15) is 5.10 Å². The minimum atomic E-state index is 0.997. The number of rotatable bonds is 5. The van der Waals surface area contributed by atoms with Gasteiger partial charge in [0.15, 0.2) is 12.7 Å². The molecular weight excluding hydrogens is 198 g/mol. The number of hydrogen-bond donors (Lipinski definition) is 1. The molecule has 0 saturated carbocycles. The van der Waals surface area contributed by atoms with E-state index in [1.54, 1.807) is 0 Å². The Labute approximate surface area is 96.1 Å². The summed E-state index contributed by atoms with van der Waals surface area (Å²) in [7, 11) is 0. The fourth-order valence-corrected chi connectivity index (χ4v) is 1.72. The van der Waals surface area contributed by atoms with E-state index in [0.717, 1.165) is 17.9 Å². The van der Waals surface area contributed by atoms with Crippen molar-refractivity contribution < 1.29 is 4.68 Å². The molecule has 0 aliphatic heterocycles. The molecule has 0 radical (unpaired) electrons. The molecule has 2 aromatic rings. The minimum absolute atomic E-state index is 0.997. The van der Waals surface area contributed by atoms with Crippen molar-refractivity contribution in [1.29, 1.82) is 0 Å². The van der Waals surface area contributed by atoms with Gasteiger partial charge < -0.3 is 0 Å². The van der Waals surface area contributed by atoms with E-state index in [-0.39, 0.29) is 0 Å². The molecule has 3 nitrogen and oxygen atoms in total. The average molecular weight is 216 g/mol. The third kappa shape index (κ3) is 2.69. The zero-order chi connectivity index (χ0) is 11.2. The van der Waals surface area contributed by atoms with Crippen LogP contribution in [0.4, 0.5) is 0 Å². The molecule has 0 saturated heterocycles. The topological polar surface area (TPSA) is 32.6 Å². The summed E-state index contributed by atoms with van der Waals surface area (Å²) in [6, 6.07) is 8.03. The molecule has 2 heterocycles. The van der Waals surface area contributed by atoms with Gasteiger partial charge in [0.2, 0.25) is 0 Å². The summed E-state index contributed by atoms with van der Waals surface area (Å²) in [5.41, 5.74) is 2.08. The lowest BCUT2D eigenvalue weighted by Gasteiger charge is -1.93. The zero-order valence-electron chi connectivity index (χ0n) is 9.69. The van der Waals surface area contributed by atoms with E-state index in [0.29, 0.717) is 0 Å². The van der Waals surface area contributed by atoms with Gasteiger partial charge in [-0.1, -0.05) is 19.4 Å². The van der Waals surface area contributed by atoms with Crippen LogP contribution in [0.2, 0.25) is 0 Å². The van der Waals surface area contributed by atoms with Crippen LogP contribution in [-0.2, 0) is 6.54 Å². The molecule has 0 unspecified atom stereocenters. The first-order valence-corrected chi connectivity index (χ1v) is 5.90. The zero-order valence-corrected chi connectivity index (χ0v) is 9.69. The number of nitrogens with one attached hydrogen (secondary N) is 1. The van der Waals surface area contributed by atoms with Crippen molar-refractivity contribution in [3.05, 3.63) is 36.7 Å². The molecule has 0 amide bonds. The Balaban J connectivity index is 2.02. The van der Waals surface area contributed by atoms with Gasteiger partial charge in [-0.3, -0.25) is 4.98 Å². The molecule has 0 aliphatic carbocycles. The summed E-state index contributed by atoms with van der Waals surface area (Å²) in [6.07, 6.45) is 7.67. The van der Waals surface area contributed by atoms with Crippen molar-refractivity contribution >= 4 is 0 Å². The third-order valence-electron chi connectivity index (χ3n) is 2.63. The predicted molar refractivity (Wildman–Crippen MR) is 63.7 cm³/mol. The predicted octanol–water partition coefficient (Wildman–Crippen LogP) is 2.55. The third-order valence-corrected chi connectivity index (χ3v) is 2.63. The maximum Gasteiger partial charge on any atom is 0.196 e. The van der Waals surface area contributed by atoms with Crippen LogP contribution in [0.5, 0.6) is 0 Å². The minimum Gasteiger partial charge on any atom is -0.254 e. The number of aromatic amines is 1. The van der Waals surface area contributed by atoms with Crippen molar-refractivity contribution in [2.75, 3.05) is 0 Å². The Hall–Kier alpha value is -1.64. The molecule has 0 aromatic carbocycles. The van der Waals surface area contributed by atoms with Crippen molar-refractivity contribution in [1.82, 2.24) is 10.1 Å². The van der Waals surface area contributed by atoms with E-state index in [4.69, 9.17) is 0 Å². The quantitative estimate of drug-likeness (QED) is 0.604. The van der Waals surface area contributed by atoms with E-state index in [9.17, 15) is 0 Å². The summed E-state index contributed by atoms with van der Waals surface area (Å²) in [6.45, 7) is 3.28. The highest BCUT2D eigenvalue weighted by Gasteiger charge is 2.07. The summed E-state index contributed by atoms with van der Waals surface area (Å²) < 4.78 is 2.12. The van der Waals surface area contributed by atoms with E-state index in [2.05, 4.69) is 34.0 Å². The molecule has 0 aliphatic rings. The summed E-state index contributed by atoms with van der Waals surface area (Å²) in [4.78, 5) is 4.31. The number of nitrogens with zero attached hydrogens (tertiary/aromatic N) is 2. The van der Waals surface area contributed by atoms with Crippen molar-refractivity contribution in [3.8, 4) is 11.4 Å². The fourth-order valence-electron chi connectivity index (χ4n) is 1.72. The Morgan fingerprint density at radius 3 is 2.94 bits per heavy atom. The fraction of sp³-hybridized carbons (Fsp3) is 0.385. The molecule has 84 valence electrons. The van der Waals surface area contributed by atoms with Gasteiger partial charge in [-0.15, -0.1) is 4.68 Å². The molecule has 0 bridgehead atoms. The molecule has 2 rings (SSSR count). The molecule has 16 heavy (non-hydrogen) atoms. The maximum absolute atomic E-state index is 4.31. The van der Waals surface area contributed by atoms with Crippen LogP contribution in [0.1, 0.15) is 26.2 Å². The lowest BCUT2D eigenvalue weighted by molar-refractivity contribution is -0.749. The SMILES string of the molecule is CCCCC[n+]1ccc(-c2ccccn2)[nH]1. The van der Waals surface area contributed by atoms with Gasteiger partial charge in [0.05, 0.1) is 5.69 Å². The van der Waals surface area contributed by atoms with Crippen LogP contribution in [-0.4, -0.2) is 10.1 Å². The number of unbranched alkanes of at least 4 members (excludes halogenated alkanes) is 2. The Morgan fingerprint density at radius 2 is 2.19 bits per heavy atom. The largest absolute Gasteiger partial charge is 0.254 e. The average Bonchev–Trinajstić information content (AvgIpc) is 2.79. The van der Waals surface area contributed by atoms with Crippen LogP contribution in [0.25, 0.3) is 11.4 Å². The highest BCUT2D eigenvalue weighted by atomic mass is 15.3. The number of aryl methyl sites for hydroxylation is 1. The van der Waals surface area contributed by atoms with Crippen molar-refractivity contribution in [3.63, 3.8) is 0 Å². The highest BCUT2D eigenvalue weighted by Crippen LogP contribution is 2.10. The van der Waals surface area contributed by atoms with Gasteiger partial charge in [0.1, 0.15) is 5.69 Å². The van der Waals surface area contributed by atoms with Crippen molar-refractivity contribution in [2.24, 2.45) is 0 Å². The maximum atomic E-state index is 4.31. The van der Waals surface area contributed by atoms with E-state index in [1.165, 1.54) is 19.3 Å². The second-order valence-electron chi connectivity index (χ2n) is 3.96. The summed E-state index contributed by atoms with van der Waals surface area (Å²) in [5, 5.41) is 3.34. The van der Waals surface area contributed by atoms with Crippen molar-refractivity contribution in [2.45, 2.75) is 32.7 Å². The second-order valence-corrected chi connectivity index (χ2v) is 3.96. The summed E-state index contributed by atoms with van der Waals surface area (Å²) >= 11 is 0. The molecule has 0 spiro atoms. The molecule has 3 heteroatoms. The van der Waals surface area contributed by atoms with E-state index >= 15 is 0 Å². The van der Waals surface area contributed by atoms with Crippen LogP contribution >= 0.6 is 0 Å².